The van der Waals surface area contributed by atoms with Gasteiger partial charge in [0.2, 0.25) is 0 Å². The summed E-state index contributed by atoms with van der Waals surface area (Å²) in [6.45, 7) is 9.26. The molecule has 0 saturated carbocycles. The van der Waals surface area contributed by atoms with Gasteiger partial charge in [0.05, 0.1) is 0 Å². The van der Waals surface area contributed by atoms with Crippen LogP contribution in [-0.2, 0) is 4.74 Å². The van der Waals surface area contributed by atoms with Crippen molar-refractivity contribution in [3.8, 4) is 0 Å². The summed E-state index contributed by atoms with van der Waals surface area (Å²) in [4.78, 5) is 16.6. The van der Waals surface area contributed by atoms with Crippen molar-refractivity contribution in [1.29, 1.82) is 0 Å². The van der Waals surface area contributed by atoms with Gasteiger partial charge in [-0.1, -0.05) is 47.7 Å². The second-order valence-electron chi connectivity index (χ2n) is 7.98. The zero-order valence-electron chi connectivity index (χ0n) is 16.6. The normalized spacial score (nSPS) is 15.6. The number of ether oxygens (including phenoxy) is 1. The highest BCUT2D eigenvalue weighted by Crippen LogP contribution is 2.37. The third kappa shape index (κ3) is 5.52. The average Bonchev–Trinajstić information content (AvgIpc) is 2.63. The Morgan fingerprint density at radius 2 is 1.63 bits per heavy atom. The highest BCUT2D eigenvalue weighted by atomic mass is 32.2. The zero-order valence-corrected chi connectivity index (χ0v) is 17.4. The Labute approximate surface area is 167 Å². The van der Waals surface area contributed by atoms with E-state index >= 15 is 0 Å². The van der Waals surface area contributed by atoms with Crippen LogP contribution in [0.4, 0.5) is 4.79 Å². The van der Waals surface area contributed by atoms with Gasteiger partial charge in [-0.2, -0.15) is 0 Å². The van der Waals surface area contributed by atoms with E-state index in [0.717, 1.165) is 12.8 Å². The standard InChI is InChI=1S/C23H28NO2S/c1-17-9-11-19(12-10-17)27-21-8-6-5-7-20(21)18-13-15-24(16-14-18)22(25)26-23(2,3)4/h5-12H,13-16H2,1-4H3. The third-order valence-electron chi connectivity index (χ3n) is 4.54. The summed E-state index contributed by atoms with van der Waals surface area (Å²) in [7, 11) is 0. The number of aryl methyl sites for hydroxylation is 1. The summed E-state index contributed by atoms with van der Waals surface area (Å²) >= 11 is 1.81. The summed E-state index contributed by atoms with van der Waals surface area (Å²) < 4.78 is 5.50. The van der Waals surface area contributed by atoms with Crippen LogP contribution in [0.3, 0.4) is 0 Å². The van der Waals surface area contributed by atoms with Crippen LogP contribution in [0.25, 0.3) is 0 Å². The van der Waals surface area contributed by atoms with Crippen LogP contribution < -0.4 is 0 Å². The van der Waals surface area contributed by atoms with Crippen LogP contribution in [0.15, 0.2) is 58.3 Å². The van der Waals surface area contributed by atoms with Crippen molar-refractivity contribution in [3.63, 3.8) is 0 Å². The maximum atomic E-state index is 12.3. The van der Waals surface area contributed by atoms with Crippen molar-refractivity contribution in [2.24, 2.45) is 0 Å². The molecule has 0 aromatic heterocycles. The van der Waals surface area contributed by atoms with Gasteiger partial charge in [-0.3, -0.25) is 0 Å². The molecule has 2 aromatic carbocycles. The largest absolute Gasteiger partial charge is 0.444 e. The lowest BCUT2D eigenvalue weighted by Crippen LogP contribution is -2.41. The molecule has 0 unspecified atom stereocenters. The molecule has 1 saturated heterocycles. The molecule has 1 amide bonds. The predicted molar refractivity (Wildman–Crippen MR) is 111 cm³/mol. The van der Waals surface area contributed by atoms with E-state index in [4.69, 9.17) is 4.74 Å². The molecule has 143 valence electrons. The fourth-order valence-electron chi connectivity index (χ4n) is 3.14. The van der Waals surface area contributed by atoms with Gasteiger partial charge >= 0.3 is 6.09 Å². The Kier molecular flexibility index (Phi) is 6.15. The molecular formula is C23H28NO2S. The molecule has 1 aliphatic heterocycles. The lowest BCUT2D eigenvalue weighted by Gasteiger charge is -2.33. The van der Waals surface area contributed by atoms with Crippen molar-refractivity contribution >= 4 is 17.9 Å². The summed E-state index contributed by atoms with van der Waals surface area (Å²) in [6, 6.07) is 17.2. The number of amides is 1. The maximum Gasteiger partial charge on any atom is 0.410 e. The minimum absolute atomic E-state index is 0.205. The second kappa shape index (κ2) is 8.39. The number of carbonyl (C=O) groups excluding carboxylic acids is 1. The van der Waals surface area contributed by atoms with Gasteiger partial charge in [0, 0.05) is 28.8 Å². The second-order valence-corrected chi connectivity index (χ2v) is 9.10. The Morgan fingerprint density at radius 1 is 1.00 bits per heavy atom. The van der Waals surface area contributed by atoms with Gasteiger partial charge in [-0.15, -0.1) is 0 Å². The van der Waals surface area contributed by atoms with E-state index in [1.54, 1.807) is 11.8 Å². The van der Waals surface area contributed by atoms with Crippen LogP contribution in [0.1, 0.15) is 44.7 Å². The molecule has 27 heavy (non-hydrogen) atoms. The molecule has 0 aliphatic carbocycles. The minimum Gasteiger partial charge on any atom is -0.444 e. The Hall–Kier alpha value is -1.94. The molecule has 0 atom stereocenters. The van der Waals surface area contributed by atoms with E-state index in [1.807, 2.05) is 25.7 Å². The third-order valence-corrected chi connectivity index (χ3v) is 5.62. The average molecular weight is 383 g/mol. The highest BCUT2D eigenvalue weighted by molar-refractivity contribution is 7.99. The molecule has 1 heterocycles. The molecule has 0 N–H and O–H groups in total. The molecule has 4 heteroatoms. The molecule has 0 bridgehead atoms. The van der Waals surface area contributed by atoms with E-state index in [1.165, 1.54) is 26.8 Å². The number of nitrogens with zero attached hydrogens (tertiary/aromatic N) is 1. The first-order valence-corrected chi connectivity index (χ1v) is 10.3. The molecule has 1 aliphatic rings. The number of benzene rings is 2. The molecule has 2 aromatic rings. The van der Waals surface area contributed by atoms with Gasteiger partial charge in [0.15, 0.2) is 0 Å². The number of hydrogen-bond acceptors (Lipinski definition) is 3. The maximum absolute atomic E-state index is 12.3. The number of rotatable bonds is 3. The quantitative estimate of drug-likeness (QED) is 0.642. The fourth-order valence-corrected chi connectivity index (χ4v) is 4.13. The van der Waals surface area contributed by atoms with Crippen LogP contribution in [0, 0.1) is 12.8 Å². The van der Waals surface area contributed by atoms with Gasteiger partial charge in [-0.25, -0.2) is 4.79 Å². The number of carbonyl (C=O) groups is 1. The van der Waals surface area contributed by atoms with E-state index in [0.29, 0.717) is 13.1 Å². The lowest BCUT2D eigenvalue weighted by molar-refractivity contribution is 0.0228. The number of piperidine rings is 1. The van der Waals surface area contributed by atoms with Gasteiger partial charge in [0.25, 0.3) is 0 Å². The number of likely N-dealkylation sites (tertiary alicyclic amines) is 1. The van der Waals surface area contributed by atoms with Crippen molar-refractivity contribution in [2.45, 2.75) is 55.9 Å². The Bertz CT molecular complexity index is 772. The van der Waals surface area contributed by atoms with Gasteiger partial charge < -0.3 is 9.64 Å². The van der Waals surface area contributed by atoms with Crippen molar-refractivity contribution in [2.75, 3.05) is 13.1 Å². The highest BCUT2D eigenvalue weighted by Gasteiger charge is 2.28. The smallest absolute Gasteiger partial charge is 0.410 e. The zero-order chi connectivity index (χ0) is 19.4. The summed E-state index contributed by atoms with van der Waals surface area (Å²) in [5, 5.41) is 0. The van der Waals surface area contributed by atoms with E-state index < -0.39 is 5.60 Å². The molecule has 3 rings (SSSR count). The predicted octanol–water partition coefficient (Wildman–Crippen LogP) is 6.10. The van der Waals surface area contributed by atoms with E-state index in [2.05, 4.69) is 55.5 Å². The first-order chi connectivity index (χ1) is 12.8. The minimum atomic E-state index is -0.446. The molecular weight excluding hydrogens is 354 g/mol. The Balaban J connectivity index is 1.66. The summed E-state index contributed by atoms with van der Waals surface area (Å²) in [5.41, 5.74) is 2.14. The SMILES string of the molecule is Cc1ccc(Sc2ccccc2[C]2CCN(C(=O)OC(C)(C)C)CC2)cc1. The molecule has 1 radical (unpaired) electrons. The molecule has 3 nitrogen and oxygen atoms in total. The Morgan fingerprint density at radius 3 is 2.26 bits per heavy atom. The van der Waals surface area contributed by atoms with Crippen LogP contribution in [-0.4, -0.2) is 29.7 Å². The van der Waals surface area contributed by atoms with Crippen molar-refractivity contribution in [1.82, 2.24) is 4.90 Å². The number of hydrogen-bond donors (Lipinski definition) is 0. The van der Waals surface area contributed by atoms with Crippen LogP contribution in [0.2, 0.25) is 0 Å². The topological polar surface area (TPSA) is 29.5 Å². The van der Waals surface area contributed by atoms with E-state index in [9.17, 15) is 4.79 Å². The summed E-state index contributed by atoms with van der Waals surface area (Å²) in [6.07, 6.45) is 1.58. The first-order valence-electron chi connectivity index (χ1n) is 9.48. The monoisotopic (exact) mass is 382 g/mol. The molecule has 0 spiro atoms. The van der Waals surface area contributed by atoms with E-state index in [-0.39, 0.29) is 6.09 Å². The van der Waals surface area contributed by atoms with Gasteiger partial charge in [0.1, 0.15) is 5.60 Å². The van der Waals surface area contributed by atoms with Crippen LogP contribution >= 0.6 is 11.8 Å². The lowest BCUT2D eigenvalue weighted by atomic mass is 9.89. The van der Waals surface area contributed by atoms with Gasteiger partial charge in [-0.05, 0) is 64.3 Å². The van der Waals surface area contributed by atoms with Crippen molar-refractivity contribution in [3.05, 3.63) is 65.6 Å². The molecule has 1 fully saturated rings. The van der Waals surface area contributed by atoms with Crippen LogP contribution in [0.5, 0.6) is 0 Å². The summed E-state index contributed by atoms with van der Waals surface area (Å²) in [5.74, 6) is 1.42. The first kappa shape index (κ1) is 19.8. The fraction of sp³-hybridized carbons (Fsp3) is 0.391. The van der Waals surface area contributed by atoms with Crippen molar-refractivity contribution < 1.29 is 9.53 Å².